The molecule has 0 saturated carbocycles. The van der Waals surface area contributed by atoms with Crippen LogP contribution in [0.5, 0.6) is 6.01 Å². The van der Waals surface area contributed by atoms with Crippen molar-refractivity contribution in [2.24, 2.45) is 0 Å². The highest BCUT2D eigenvalue weighted by Gasteiger charge is 2.24. The first kappa shape index (κ1) is 22.7. The molecule has 1 aliphatic rings. The van der Waals surface area contributed by atoms with E-state index < -0.39 is 17.3 Å². The number of carbonyl (C=O) groups is 1. The number of rotatable bonds is 5. The van der Waals surface area contributed by atoms with Gasteiger partial charge in [0.15, 0.2) is 5.82 Å². The minimum atomic E-state index is -0.930. The van der Waals surface area contributed by atoms with Crippen molar-refractivity contribution in [2.75, 3.05) is 30.4 Å². The molecule has 2 N–H and O–H groups in total. The van der Waals surface area contributed by atoms with E-state index in [-0.39, 0.29) is 18.2 Å². The van der Waals surface area contributed by atoms with Gasteiger partial charge in [0.05, 0.1) is 23.9 Å². The maximum Gasteiger partial charge on any atom is 0.316 e. The van der Waals surface area contributed by atoms with Gasteiger partial charge >= 0.3 is 6.01 Å². The molecular weight excluding hydrogens is 427 g/mol. The lowest BCUT2D eigenvalue weighted by Crippen LogP contribution is -2.54. The number of pyridine rings is 1. The molecule has 9 nitrogen and oxygen atoms in total. The molecule has 1 fully saturated rings. The first-order chi connectivity index (χ1) is 15.8. The number of halogens is 1. The average Bonchev–Trinajstić information content (AvgIpc) is 2.79. The van der Waals surface area contributed by atoms with Crippen molar-refractivity contribution in [1.29, 1.82) is 0 Å². The molecule has 1 saturated heterocycles. The molecule has 174 valence electrons. The van der Waals surface area contributed by atoms with E-state index in [2.05, 4.69) is 39.3 Å². The minimum Gasteiger partial charge on any atom is -0.467 e. The second-order valence-electron chi connectivity index (χ2n) is 8.25. The van der Waals surface area contributed by atoms with Gasteiger partial charge in [-0.05, 0) is 32.9 Å². The van der Waals surface area contributed by atoms with Crippen molar-refractivity contribution in [3.63, 3.8) is 0 Å². The van der Waals surface area contributed by atoms with Crippen LogP contribution >= 0.6 is 0 Å². The molecule has 0 bridgehead atoms. The standard InChI is InChI=1S/C23H27FN6O3/c1-5-29-12-15(8-18(24)22(29)32)27-21(31)16-6-7-19(30-10-13(2)26-14(3)11-30)17-9-25-23(33-4)28-20(16)17/h6-9,12-14,26H,5,10-11H2,1-4H3,(H,27,31). The first-order valence-corrected chi connectivity index (χ1v) is 10.9. The molecule has 2 unspecified atom stereocenters. The predicted molar refractivity (Wildman–Crippen MR) is 125 cm³/mol. The summed E-state index contributed by atoms with van der Waals surface area (Å²) >= 11 is 0. The van der Waals surface area contributed by atoms with Crippen molar-refractivity contribution < 1.29 is 13.9 Å². The Labute approximate surface area is 190 Å². The summed E-state index contributed by atoms with van der Waals surface area (Å²) in [6.07, 6.45) is 3.07. The van der Waals surface area contributed by atoms with E-state index in [4.69, 9.17) is 4.74 Å². The second-order valence-corrected chi connectivity index (χ2v) is 8.25. The Bertz CT molecular complexity index is 1250. The summed E-state index contributed by atoms with van der Waals surface area (Å²) in [7, 11) is 1.46. The quantitative estimate of drug-likeness (QED) is 0.610. The molecule has 2 aromatic heterocycles. The molecule has 0 radical (unpaired) electrons. The van der Waals surface area contributed by atoms with Gasteiger partial charge in [0.2, 0.25) is 0 Å². The molecule has 3 aromatic rings. The van der Waals surface area contributed by atoms with Crippen molar-refractivity contribution >= 4 is 28.2 Å². The molecule has 10 heteroatoms. The first-order valence-electron chi connectivity index (χ1n) is 10.9. The Morgan fingerprint density at radius 2 is 2.03 bits per heavy atom. The maximum atomic E-state index is 14.0. The number of aromatic nitrogens is 3. The molecule has 2 atom stereocenters. The van der Waals surface area contributed by atoms with E-state index in [0.29, 0.717) is 23.2 Å². The number of ether oxygens (including phenoxy) is 1. The van der Waals surface area contributed by atoms with Crippen molar-refractivity contribution in [1.82, 2.24) is 19.9 Å². The number of carbonyl (C=O) groups excluding carboxylic acids is 1. The SMILES string of the molecule is CCn1cc(NC(=O)c2ccc(N3CC(C)NC(C)C3)c3cnc(OC)nc23)cc(F)c1=O. The van der Waals surface area contributed by atoms with Gasteiger partial charge < -0.3 is 24.8 Å². The Morgan fingerprint density at radius 3 is 2.70 bits per heavy atom. The molecule has 0 aliphatic carbocycles. The highest BCUT2D eigenvalue weighted by Crippen LogP contribution is 2.31. The summed E-state index contributed by atoms with van der Waals surface area (Å²) in [4.78, 5) is 35.9. The second kappa shape index (κ2) is 9.14. The Hall–Kier alpha value is -3.53. The van der Waals surface area contributed by atoms with Crippen LogP contribution < -0.4 is 25.8 Å². The number of piperazine rings is 1. The van der Waals surface area contributed by atoms with Crippen LogP contribution in [0.3, 0.4) is 0 Å². The fraction of sp³-hybridized carbons (Fsp3) is 0.391. The van der Waals surface area contributed by atoms with Gasteiger partial charge in [-0.25, -0.2) is 9.37 Å². The number of nitrogens with one attached hydrogen (secondary N) is 2. The zero-order chi connectivity index (χ0) is 23.7. The van der Waals surface area contributed by atoms with Gasteiger partial charge in [-0.2, -0.15) is 4.98 Å². The predicted octanol–water partition coefficient (Wildman–Crippen LogP) is 2.40. The number of benzene rings is 1. The Kier molecular flexibility index (Phi) is 6.28. The minimum absolute atomic E-state index is 0.140. The summed E-state index contributed by atoms with van der Waals surface area (Å²) < 4.78 is 20.4. The van der Waals surface area contributed by atoms with Gasteiger partial charge in [0, 0.05) is 61.3 Å². The third kappa shape index (κ3) is 4.51. The molecule has 0 spiro atoms. The molecule has 1 aliphatic heterocycles. The summed E-state index contributed by atoms with van der Waals surface area (Å²) in [5, 5.41) is 6.91. The van der Waals surface area contributed by atoms with Crippen LogP contribution in [-0.4, -0.2) is 52.7 Å². The Balaban J connectivity index is 1.76. The van der Waals surface area contributed by atoms with Crippen LogP contribution in [0, 0.1) is 5.82 Å². The zero-order valence-electron chi connectivity index (χ0n) is 19.1. The molecule has 3 heterocycles. The third-order valence-electron chi connectivity index (χ3n) is 5.67. The number of anilines is 2. The smallest absolute Gasteiger partial charge is 0.316 e. The highest BCUT2D eigenvalue weighted by atomic mass is 19.1. The monoisotopic (exact) mass is 454 g/mol. The summed E-state index contributed by atoms with van der Waals surface area (Å²) in [6, 6.07) is 5.34. The molecule has 4 rings (SSSR count). The number of fused-ring (bicyclic) bond motifs is 1. The van der Waals surface area contributed by atoms with E-state index in [9.17, 15) is 14.0 Å². The highest BCUT2D eigenvalue weighted by molar-refractivity contribution is 6.13. The van der Waals surface area contributed by atoms with Crippen molar-refractivity contribution in [2.45, 2.75) is 39.4 Å². The van der Waals surface area contributed by atoms with Crippen LogP contribution in [0.2, 0.25) is 0 Å². The molecule has 1 amide bonds. The fourth-order valence-corrected chi connectivity index (χ4v) is 4.27. The number of nitrogens with zero attached hydrogens (tertiary/aromatic N) is 4. The summed E-state index contributed by atoms with van der Waals surface area (Å²) in [5.41, 5.74) is 1.10. The lowest BCUT2D eigenvalue weighted by molar-refractivity contribution is 0.102. The van der Waals surface area contributed by atoms with Gasteiger partial charge in [0.1, 0.15) is 0 Å². The maximum absolute atomic E-state index is 14.0. The topological polar surface area (TPSA) is 101 Å². The molecular formula is C23H27FN6O3. The van der Waals surface area contributed by atoms with Crippen LogP contribution in [0.15, 0.2) is 35.4 Å². The number of methoxy groups -OCH3 is 1. The fourth-order valence-electron chi connectivity index (χ4n) is 4.27. The Morgan fingerprint density at radius 1 is 1.30 bits per heavy atom. The normalized spacial score (nSPS) is 18.4. The number of amides is 1. The van der Waals surface area contributed by atoms with Crippen molar-refractivity contribution in [3.8, 4) is 6.01 Å². The number of aryl methyl sites for hydroxylation is 1. The summed E-state index contributed by atoms with van der Waals surface area (Å²) in [5.74, 6) is -1.41. The van der Waals surface area contributed by atoms with Crippen LogP contribution in [0.1, 0.15) is 31.1 Å². The van der Waals surface area contributed by atoms with Gasteiger partial charge in [-0.15, -0.1) is 0 Å². The van der Waals surface area contributed by atoms with Gasteiger partial charge in [0.25, 0.3) is 11.5 Å². The largest absolute Gasteiger partial charge is 0.467 e. The molecule has 33 heavy (non-hydrogen) atoms. The van der Waals surface area contributed by atoms with Crippen LogP contribution in [0.25, 0.3) is 10.9 Å². The van der Waals surface area contributed by atoms with Gasteiger partial charge in [-0.1, -0.05) is 0 Å². The third-order valence-corrected chi connectivity index (χ3v) is 5.67. The lowest BCUT2D eigenvalue weighted by Gasteiger charge is -2.38. The van der Waals surface area contributed by atoms with Crippen LogP contribution in [0.4, 0.5) is 15.8 Å². The van der Waals surface area contributed by atoms with E-state index >= 15 is 0 Å². The van der Waals surface area contributed by atoms with Crippen molar-refractivity contribution in [3.05, 3.63) is 52.3 Å². The number of hydrogen-bond acceptors (Lipinski definition) is 7. The summed E-state index contributed by atoms with van der Waals surface area (Å²) in [6.45, 7) is 7.86. The van der Waals surface area contributed by atoms with E-state index in [1.807, 2.05) is 6.07 Å². The zero-order valence-corrected chi connectivity index (χ0v) is 19.1. The van der Waals surface area contributed by atoms with Crippen LogP contribution in [-0.2, 0) is 6.54 Å². The van der Waals surface area contributed by atoms with E-state index in [1.54, 1.807) is 19.2 Å². The molecule has 1 aromatic carbocycles. The lowest BCUT2D eigenvalue weighted by atomic mass is 10.0. The van der Waals surface area contributed by atoms with Gasteiger partial charge in [-0.3, -0.25) is 9.59 Å². The van der Waals surface area contributed by atoms with E-state index in [1.165, 1.54) is 17.9 Å². The number of hydrogen-bond donors (Lipinski definition) is 2. The average molecular weight is 455 g/mol. The van der Waals surface area contributed by atoms with E-state index in [0.717, 1.165) is 30.2 Å².